The van der Waals surface area contributed by atoms with E-state index in [9.17, 15) is 14.7 Å². The fourth-order valence-electron chi connectivity index (χ4n) is 2.93. The lowest BCUT2D eigenvalue weighted by Crippen LogP contribution is -2.31. The summed E-state index contributed by atoms with van der Waals surface area (Å²) >= 11 is 0. The van der Waals surface area contributed by atoms with Crippen LogP contribution in [0.25, 0.3) is 5.69 Å². The summed E-state index contributed by atoms with van der Waals surface area (Å²) in [5.74, 6) is 0.177. The topological polar surface area (TPSA) is 99.9 Å². The van der Waals surface area contributed by atoms with Gasteiger partial charge in [-0.05, 0) is 37.1 Å². The normalized spacial score (nSPS) is 15.2. The van der Waals surface area contributed by atoms with Gasteiger partial charge in [0.15, 0.2) is 0 Å². The van der Waals surface area contributed by atoms with Crippen molar-refractivity contribution in [3.05, 3.63) is 50.7 Å². The zero-order valence-electron chi connectivity index (χ0n) is 14.6. The number of aromatic nitrogens is 2. The first-order valence-electron chi connectivity index (χ1n) is 8.62. The molecule has 1 aliphatic heterocycles. The van der Waals surface area contributed by atoms with Gasteiger partial charge in [0.1, 0.15) is 11.3 Å². The van der Waals surface area contributed by atoms with Gasteiger partial charge in [0.05, 0.1) is 19.0 Å². The summed E-state index contributed by atoms with van der Waals surface area (Å²) in [5, 5.41) is 16.7. The Morgan fingerprint density at radius 1 is 1.12 bits per heavy atom. The molecule has 0 atom stereocenters. The number of aromatic amines is 1. The van der Waals surface area contributed by atoms with Gasteiger partial charge >= 0.3 is 5.69 Å². The third-order valence-corrected chi connectivity index (χ3v) is 4.38. The Kier molecular flexibility index (Phi) is 5.40. The van der Waals surface area contributed by atoms with Crippen LogP contribution in [-0.2, 0) is 0 Å². The van der Waals surface area contributed by atoms with Gasteiger partial charge in [-0.2, -0.15) is 5.10 Å². The number of methoxy groups -OCH3 is 1. The summed E-state index contributed by atoms with van der Waals surface area (Å²) < 4.78 is 6.12. The van der Waals surface area contributed by atoms with Gasteiger partial charge in [-0.3, -0.25) is 14.8 Å². The van der Waals surface area contributed by atoms with Gasteiger partial charge in [-0.15, -0.1) is 0 Å². The molecule has 0 saturated carbocycles. The summed E-state index contributed by atoms with van der Waals surface area (Å²) in [7, 11) is 1.54. The van der Waals surface area contributed by atoms with Crippen LogP contribution >= 0.6 is 0 Å². The second kappa shape index (κ2) is 7.90. The zero-order chi connectivity index (χ0) is 18.5. The number of hydrogen-bond acceptors (Lipinski definition) is 6. The Balaban J connectivity index is 1.98. The van der Waals surface area contributed by atoms with Crippen LogP contribution < -0.4 is 16.0 Å². The Hall–Kier alpha value is -3.03. The van der Waals surface area contributed by atoms with E-state index in [0.29, 0.717) is 11.4 Å². The van der Waals surface area contributed by atoms with E-state index in [1.807, 2.05) is 5.01 Å². The van der Waals surface area contributed by atoms with Crippen molar-refractivity contribution in [2.75, 3.05) is 20.2 Å². The quantitative estimate of drug-likeness (QED) is 0.806. The number of nitrogens with zero attached hydrogens (tertiary/aromatic N) is 3. The van der Waals surface area contributed by atoms with Crippen LogP contribution in [-0.4, -0.2) is 46.1 Å². The van der Waals surface area contributed by atoms with Gasteiger partial charge < -0.3 is 9.84 Å². The Morgan fingerprint density at radius 2 is 1.77 bits per heavy atom. The molecule has 0 bridgehead atoms. The maximum absolute atomic E-state index is 12.2. The van der Waals surface area contributed by atoms with Gasteiger partial charge in [0.2, 0.25) is 5.88 Å². The minimum absolute atomic E-state index is 0.0512. The number of H-pyrrole nitrogens is 1. The van der Waals surface area contributed by atoms with Crippen LogP contribution in [0.5, 0.6) is 11.6 Å². The number of benzene rings is 1. The molecule has 0 unspecified atom stereocenters. The number of hydrogen-bond donors (Lipinski definition) is 2. The maximum Gasteiger partial charge on any atom is 0.335 e. The monoisotopic (exact) mass is 358 g/mol. The smallest absolute Gasteiger partial charge is 0.335 e. The Labute approximate surface area is 150 Å². The molecular weight excluding hydrogens is 336 g/mol. The van der Waals surface area contributed by atoms with Gasteiger partial charge in [0.25, 0.3) is 5.56 Å². The molecule has 1 saturated heterocycles. The highest BCUT2D eigenvalue weighted by molar-refractivity contribution is 5.82. The van der Waals surface area contributed by atoms with E-state index in [1.165, 1.54) is 26.2 Å². The molecule has 8 nitrogen and oxygen atoms in total. The van der Waals surface area contributed by atoms with Crippen LogP contribution in [0.15, 0.2) is 39.0 Å². The number of nitrogens with one attached hydrogen (secondary N) is 1. The first-order valence-corrected chi connectivity index (χ1v) is 8.62. The van der Waals surface area contributed by atoms with E-state index in [2.05, 4.69) is 10.1 Å². The highest BCUT2D eigenvalue weighted by Crippen LogP contribution is 2.18. The van der Waals surface area contributed by atoms with E-state index in [-0.39, 0.29) is 5.56 Å². The highest BCUT2D eigenvalue weighted by atomic mass is 16.5. The number of rotatable bonds is 4. The van der Waals surface area contributed by atoms with E-state index in [4.69, 9.17) is 4.74 Å². The summed E-state index contributed by atoms with van der Waals surface area (Å²) in [6.07, 6.45) is 5.75. The Morgan fingerprint density at radius 3 is 2.38 bits per heavy atom. The molecule has 1 aromatic carbocycles. The molecule has 138 valence electrons. The molecule has 0 radical (unpaired) electrons. The number of hydrazone groups is 1. The SMILES string of the molecule is COc1ccc(-n2c(O)c(/C=N/N3CCCCCC3)c(=O)[nH]c2=O)cc1. The third kappa shape index (κ3) is 3.79. The lowest BCUT2D eigenvalue weighted by Gasteiger charge is -2.15. The molecule has 1 aromatic heterocycles. The van der Waals surface area contributed by atoms with E-state index in [1.54, 1.807) is 24.3 Å². The van der Waals surface area contributed by atoms with Gasteiger partial charge in [-0.1, -0.05) is 12.8 Å². The van der Waals surface area contributed by atoms with Crippen molar-refractivity contribution in [1.82, 2.24) is 14.6 Å². The van der Waals surface area contributed by atoms with Gasteiger partial charge in [0, 0.05) is 13.1 Å². The summed E-state index contributed by atoms with van der Waals surface area (Å²) in [5.41, 5.74) is -1.03. The minimum Gasteiger partial charge on any atom is -0.497 e. The average molecular weight is 358 g/mol. The fourth-order valence-corrected chi connectivity index (χ4v) is 2.93. The van der Waals surface area contributed by atoms with Crippen LogP contribution in [0.3, 0.4) is 0 Å². The molecule has 0 aliphatic carbocycles. The molecule has 3 rings (SSSR count). The second-order valence-electron chi connectivity index (χ2n) is 6.14. The first-order chi connectivity index (χ1) is 12.6. The highest BCUT2D eigenvalue weighted by Gasteiger charge is 2.15. The van der Waals surface area contributed by atoms with Crippen molar-refractivity contribution in [2.24, 2.45) is 5.10 Å². The molecule has 1 aliphatic rings. The molecule has 1 fully saturated rings. The van der Waals surface area contributed by atoms with Crippen LogP contribution in [0.4, 0.5) is 0 Å². The fraction of sp³-hybridized carbons (Fsp3) is 0.389. The Bertz CT molecular complexity index is 891. The predicted octanol–water partition coefficient (Wildman–Crippen LogP) is 1.45. The van der Waals surface area contributed by atoms with Crippen molar-refractivity contribution in [1.29, 1.82) is 0 Å². The first kappa shape index (κ1) is 17.8. The second-order valence-corrected chi connectivity index (χ2v) is 6.14. The molecule has 0 spiro atoms. The zero-order valence-corrected chi connectivity index (χ0v) is 14.6. The molecular formula is C18H22N4O4. The van der Waals surface area contributed by atoms with Crippen LogP contribution in [0, 0.1) is 0 Å². The molecule has 2 N–H and O–H groups in total. The third-order valence-electron chi connectivity index (χ3n) is 4.38. The number of ether oxygens (including phenoxy) is 1. The summed E-state index contributed by atoms with van der Waals surface area (Å²) in [4.78, 5) is 26.5. The standard InChI is InChI=1S/C18H22N4O4/c1-26-14-8-6-13(7-9-14)22-17(24)15(16(23)20-18(22)25)12-19-21-10-4-2-3-5-11-21/h6-9,12,24H,2-5,10-11H2,1H3,(H,20,23,25)/b19-12+. The van der Waals surface area contributed by atoms with Gasteiger partial charge in [-0.25, -0.2) is 9.36 Å². The van der Waals surface area contributed by atoms with E-state index in [0.717, 1.165) is 30.5 Å². The van der Waals surface area contributed by atoms with Crippen LogP contribution in [0.1, 0.15) is 31.2 Å². The van der Waals surface area contributed by atoms with Crippen molar-refractivity contribution in [2.45, 2.75) is 25.7 Å². The summed E-state index contributed by atoms with van der Waals surface area (Å²) in [6, 6.07) is 6.57. The maximum atomic E-state index is 12.2. The largest absolute Gasteiger partial charge is 0.497 e. The van der Waals surface area contributed by atoms with Crippen molar-refractivity contribution < 1.29 is 9.84 Å². The van der Waals surface area contributed by atoms with E-state index < -0.39 is 17.1 Å². The minimum atomic E-state index is -0.718. The predicted molar refractivity (Wildman–Crippen MR) is 98.5 cm³/mol. The van der Waals surface area contributed by atoms with Crippen molar-refractivity contribution in [3.63, 3.8) is 0 Å². The lowest BCUT2D eigenvalue weighted by molar-refractivity contribution is 0.302. The number of aromatic hydroxyl groups is 1. The lowest BCUT2D eigenvalue weighted by atomic mass is 10.2. The van der Waals surface area contributed by atoms with Crippen LogP contribution in [0.2, 0.25) is 0 Å². The molecule has 26 heavy (non-hydrogen) atoms. The average Bonchev–Trinajstić information content (AvgIpc) is 2.90. The molecule has 2 heterocycles. The van der Waals surface area contributed by atoms with Crippen molar-refractivity contribution >= 4 is 6.21 Å². The molecule has 8 heteroatoms. The summed E-state index contributed by atoms with van der Waals surface area (Å²) in [6.45, 7) is 1.63. The molecule has 2 aromatic rings. The van der Waals surface area contributed by atoms with E-state index >= 15 is 0 Å². The molecule has 0 amide bonds. The van der Waals surface area contributed by atoms with Crippen molar-refractivity contribution in [3.8, 4) is 17.3 Å².